The lowest BCUT2D eigenvalue weighted by molar-refractivity contribution is -0.118. The summed E-state index contributed by atoms with van der Waals surface area (Å²) in [4.78, 5) is 25.9. The van der Waals surface area contributed by atoms with E-state index in [0.717, 1.165) is 0 Å². The Morgan fingerprint density at radius 2 is 1.65 bits per heavy atom. The molecule has 2 heterocycles. The molecule has 31 heavy (non-hydrogen) atoms. The molecule has 1 N–H and O–H groups in total. The predicted octanol–water partition coefficient (Wildman–Crippen LogP) is 4.50. The topological polar surface area (TPSA) is 77.1 Å². The molecule has 7 nitrogen and oxygen atoms in total. The fraction of sp³-hybridized carbons (Fsp3) is 0.909. The van der Waals surface area contributed by atoms with E-state index in [0.29, 0.717) is 19.6 Å². The number of amides is 2. The first-order valence-corrected chi connectivity index (χ1v) is 17.2. The lowest BCUT2D eigenvalue weighted by Gasteiger charge is -2.40. The normalized spacial score (nSPS) is 28.2. The van der Waals surface area contributed by atoms with Gasteiger partial charge in [-0.15, -0.1) is 0 Å². The van der Waals surface area contributed by atoms with Crippen molar-refractivity contribution in [2.75, 3.05) is 13.2 Å². The largest absolute Gasteiger partial charge is 0.414 e. The van der Waals surface area contributed by atoms with Crippen molar-refractivity contribution in [2.24, 2.45) is 0 Å². The molecule has 0 spiro atoms. The summed E-state index contributed by atoms with van der Waals surface area (Å²) < 4.78 is 19.6. The van der Waals surface area contributed by atoms with Gasteiger partial charge in [0.1, 0.15) is 18.4 Å². The number of rotatable bonds is 7. The molecule has 0 saturated carbocycles. The highest BCUT2D eigenvalue weighted by molar-refractivity contribution is 6.74. The van der Waals surface area contributed by atoms with Gasteiger partial charge in [0.25, 0.3) is 0 Å². The Morgan fingerprint density at radius 1 is 1.10 bits per heavy atom. The van der Waals surface area contributed by atoms with Gasteiger partial charge in [0.2, 0.25) is 0 Å². The molecule has 0 aromatic carbocycles. The van der Waals surface area contributed by atoms with E-state index < -0.39 is 28.9 Å². The third-order valence-corrected chi connectivity index (χ3v) is 16.6. The quantitative estimate of drug-likeness (QED) is 0.552. The molecule has 0 bridgehead atoms. The molecule has 2 aliphatic rings. The summed E-state index contributed by atoms with van der Waals surface area (Å²) in [6, 6.07) is -0.722. The van der Waals surface area contributed by atoms with E-state index in [2.05, 4.69) is 73.0 Å². The maximum Gasteiger partial charge on any atom is 0.320 e. The number of nitrogens with zero attached hydrogens (tertiary/aromatic N) is 1. The molecule has 2 aliphatic heterocycles. The molecule has 180 valence electrons. The van der Waals surface area contributed by atoms with Crippen LogP contribution in [0.25, 0.3) is 0 Å². The van der Waals surface area contributed by atoms with Gasteiger partial charge >= 0.3 is 6.03 Å². The zero-order valence-corrected chi connectivity index (χ0v) is 23.4. The van der Waals surface area contributed by atoms with Gasteiger partial charge < -0.3 is 18.9 Å². The lowest BCUT2D eigenvalue weighted by atomic mass is 10.2. The number of ether oxygens (including phenoxy) is 1. The fourth-order valence-corrected chi connectivity index (χ4v) is 5.64. The summed E-state index contributed by atoms with van der Waals surface area (Å²) >= 11 is 0. The van der Waals surface area contributed by atoms with Crippen molar-refractivity contribution in [1.82, 2.24) is 10.2 Å². The predicted molar refractivity (Wildman–Crippen MR) is 128 cm³/mol. The summed E-state index contributed by atoms with van der Waals surface area (Å²) in [5.41, 5.74) is 0. The molecule has 0 aromatic heterocycles. The highest BCUT2D eigenvalue weighted by Gasteiger charge is 2.49. The molecule has 2 amide bonds. The Kier molecular flexibility index (Phi) is 7.60. The second-order valence-electron chi connectivity index (χ2n) is 12.1. The number of ketones is 1. The third kappa shape index (κ3) is 5.99. The Labute approximate surface area is 190 Å². The van der Waals surface area contributed by atoms with Crippen molar-refractivity contribution in [2.45, 2.75) is 116 Å². The Balaban J connectivity index is 2.19. The van der Waals surface area contributed by atoms with E-state index in [1.165, 1.54) is 6.92 Å². The minimum absolute atomic E-state index is 0.0410. The van der Waals surface area contributed by atoms with E-state index in [4.69, 9.17) is 13.6 Å². The summed E-state index contributed by atoms with van der Waals surface area (Å²) in [7, 11) is -3.99. The molecule has 2 fully saturated rings. The molecule has 9 heteroatoms. The van der Waals surface area contributed by atoms with Crippen molar-refractivity contribution >= 4 is 28.4 Å². The molecule has 2 saturated heterocycles. The van der Waals surface area contributed by atoms with Crippen LogP contribution in [0.2, 0.25) is 36.3 Å². The minimum Gasteiger partial charge on any atom is -0.414 e. The summed E-state index contributed by atoms with van der Waals surface area (Å²) in [5, 5.41) is 2.93. The maximum absolute atomic E-state index is 12.5. The second-order valence-corrected chi connectivity index (χ2v) is 21.7. The monoisotopic (exact) mass is 472 g/mol. The van der Waals surface area contributed by atoms with Crippen LogP contribution in [-0.2, 0) is 18.4 Å². The molecule has 1 unspecified atom stereocenters. The zero-order chi connectivity index (χ0) is 24.0. The SMILES string of the molecule is CC(=O)C1CN([C@H]2C[C@H](O[Si](C)(C)C(C)(C)C)[C@@H](CO[Si](C)(C)C(C)(C)C)O2)C(=O)N1. The van der Waals surface area contributed by atoms with Gasteiger partial charge in [0.15, 0.2) is 22.4 Å². The van der Waals surface area contributed by atoms with Crippen molar-refractivity contribution in [3.8, 4) is 0 Å². The lowest BCUT2D eigenvalue weighted by Crippen LogP contribution is -2.48. The van der Waals surface area contributed by atoms with Gasteiger partial charge in [-0.05, 0) is 43.2 Å². The van der Waals surface area contributed by atoms with Crippen LogP contribution in [0.5, 0.6) is 0 Å². The van der Waals surface area contributed by atoms with Crippen LogP contribution in [-0.4, -0.2) is 71.0 Å². The van der Waals surface area contributed by atoms with Crippen molar-refractivity contribution in [3.05, 3.63) is 0 Å². The van der Waals surface area contributed by atoms with Crippen LogP contribution in [0.1, 0.15) is 54.9 Å². The number of nitrogens with one attached hydrogen (secondary N) is 1. The average Bonchev–Trinajstić information content (AvgIpc) is 3.14. The number of urea groups is 1. The molecule has 2 rings (SSSR count). The third-order valence-electron chi connectivity index (χ3n) is 7.62. The van der Waals surface area contributed by atoms with E-state index in [1.807, 2.05) is 0 Å². The first kappa shape index (κ1) is 26.5. The summed E-state index contributed by atoms with van der Waals surface area (Å²) in [5.74, 6) is -0.0410. The fourth-order valence-electron chi connectivity index (χ4n) is 3.26. The first-order valence-electron chi connectivity index (χ1n) is 11.4. The molecule has 4 atom stereocenters. The van der Waals surface area contributed by atoms with Crippen molar-refractivity contribution < 1.29 is 23.2 Å². The standard InChI is InChI=1S/C22H44N2O5Si2/c1-15(25)16-13-24(20(26)23-16)19-12-17(29-31(10,11)22(5,6)7)18(28-19)14-27-30(8,9)21(2,3)4/h16-19H,12-14H2,1-11H3,(H,23,26)/t16?,17-,18+,19+/m0/s1. The van der Waals surface area contributed by atoms with Crippen molar-refractivity contribution in [3.63, 3.8) is 0 Å². The highest BCUT2D eigenvalue weighted by Crippen LogP contribution is 2.41. The van der Waals surface area contributed by atoms with Crippen LogP contribution >= 0.6 is 0 Å². The minimum atomic E-state index is -2.04. The molecule has 0 radical (unpaired) electrons. The van der Waals surface area contributed by atoms with Gasteiger partial charge in [-0.25, -0.2) is 4.79 Å². The molecular formula is C22H44N2O5Si2. The summed E-state index contributed by atoms with van der Waals surface area (Å²) in [6.07, 6.45) is -0.194. The van der Waals surface area contributed by atoms with Gasteiger partial charge in [0, 0.05) is 6.42 Å². The first-order chi connectivity index (χ1) is 13.9. The number of Topliss-reactive ketones (excluding diaryl/α,β-unsaturated/α-hetero) is 1. The average molecular weight is 473 g/mol. The zero-order valence-electron chi connectivity index (χ0n) is 21.4. The molecular weight excluding hydrogens is 428 g/mol. The van der Waals surface area contributed by atoms with Gasteiger partial charge in [-0.3, -0.25) is 9.69 Å². The van der Waals surface area contributed by atoms with Crippen molar-refractivity contribution in [1.29, 1.82) is 0 Å². The number of carbonyl (C=O) groups is 2. The van der Waals surface area contributed by atoms with Gasteiger partial charge in [-0.1, -0.05) is 41.5 Å². The Morgan fingerprint density at radius 3 is 2.10 bits per heavy atom. The van der Waals surface area contributed by atoms with Crippen LogP contribution < -0.4 is 5.32 Å². The van der Waals surface area contributed by atoms with Crippen LogP contribution in [0.15, 0.2) is 0 Å². The van der Waals surface area contributed by atoms with Crippen LogP contribution in [0.4, 0.5) is 4.79 Å². The van der Waals surface area contributed by atoms with E-state index in [-0.39, 0.29) is 34.1 Å². The number of carbonyl (C=O) groups excluding carboxylic acids is 2. The Bertz CT molecular complexity index is 684. The summed E-state index contributed by atoms with van der Waals surface area (Å²) in [6.45, 7) is 24.6. The molecule has 0 aliphatic carbocycles. The van der Waals surface area contributed by atoms with Gasteiger partial charge in [-0.2, -0.15) is 0 Å². The van der Waals surface area contributed by atoms with E-state index in [9.17, 15) is 9.59 Å². The Hall–Kier alpha value is -0.746. The van der Waals surface area contributed by atoms with E-state index in [1.54, 1.807) is 4.90 Å². The van der Waals surface area contributed by atoms with Crippen LogP contribution in [0.3, 0.4) is 0 Å². The second kappa shape index (κ2) is 8.89. The van der Waals surface area contributed by atoms with Crippen LogP contribution in [0, 0.1) is 0 Å². The number of hydrogen-bond donors (Lipinski definition) is 1. The highest BCUT2D eigenvalue weighted by atomic mass is 28.4. The maximum atomic E-state index is 12.5. The smallest absolute Gasteiger partial charge is 0.320 e. The van der Waals surface area contributed by atoms with Gasteiger partial charge in [0.05, 0.1) is 19.3 Å². The molecule has 0 aromatic rings. The number of hydrogen-bond acceptors (Lipinski definition) is 5. The van der Waals surface area contributed by atoms with E-state index >= 15 is 0 Å².